The smallest absolute Gasteiger partial charge is 0.161 e. The maximum atomic E-state index is 10.0. The van der Waals surface area contributed by atoms with Crippen LogP contribution < -0.4 is 4.74 Å². The molecule has 0 aromatic heterocycles. The SMILES string of the molecule is CC#CCC(C)c1cccc(OCC)c1O. The lowest BCUT2D eigenvalue weighted by Crippen LogP contribution is -1.97. The first kappa shape index (κ1) is 12.4. The van der Waals surface area contributed by atoms with Gasteiger partial charge in [-0.3, -0.25) is 0 Å². The minimum atomic E-state index is 0.216. The fraction of sp³-hybridized carbons (Fsp3) is 0.429. The molecule has 0 bridgehead atoms. The van der Waals surface area contributed by atoms with Gasteiger partial charge in [0.2, 0.25) is 0 Å². The van der Waals surface area contributed by atoms with Crippen LogP contribution in [0.25, 0.3) is 0 Å². The third-order valence-electron chi connectivity index (χ3n) is 2.45. The molecule has 0 aliphatic rings. The zero-order valence-electron chi connectivity index (χ0n) is 10.1. The number of hydrogen-bond donors (Lipinski definition) is 1. The van der Waals surface area contributed by atoms with Crippen molar-refractivity contribution in [1.82, 2.24) is 0 Å². The standard InChI is InChI=1S/C14H18O2/c1-4-6-8-11(3)12-9-7-10-13(14(12)15)16-5-2/h7,9-11,15H,5,8H2,1-3H3. The number of para-hydroxylation sites is 1. The van der Waals surface area contributed by atoms with Gasteiger partial charge in [-0.15, -0.1) is 11.8 Å². The molecule has 1 aromatic carbocycles. The molecule has 0 saturated heterocycles. The molecule has 2 heteroatoms. The van der Waals surface area contributed by atoms with Crippen LogP contribution in [0.2, 0.25) is 0 Å². The van der Waals surface area contributed by atoms with Crippen LogP contribution in [-0.4, -0.2) is 11.7 Å². The number of ether oxygens (including phenoxy) is 1. The van der Waals surface area contributed by atoms with E-state index in [4.69, 9.17) is 4.74 Å². The highest BCUT2D eigenvalue weighted by Gasteiger charge is 2.13. The van der Waals surface area contributed by atoms with Gasteiger partial charge in [0.25, 0.3) is 0 Å². The highest BCUT2D eigenvalue weighted by Crippen LogP contribution is 2.35. The number of aromatic hydroxyl groups is 1. The van der Waals surface area contributed by atoms with Crippen LogP contribution in [0.15, 0.2) is 18.2 Å². The fourth-order valence-corrected chi connectivity index (χ4v) is 1.57. The minimum Gasteiger partial charge on any atom is -0.504 e. The van der Waals surface area contributed by atoms with Gasteiger partial charge < -0.3 is 9.84 Å². The predicted molar refractivity (Wildman–Crippen MR) is 65.8 cm³/mol. The number of rotatable bonds is 4. The van der Waals surface area contributed by atoms with E-state index in [-0.39, 0.29) is 11.7 Å². The van der Waals surface area contributed by atoms with Gasteiger partial charge in [-0.25, -0.2) is 0 Å². The van der Waals surface area contributed by atoms with Gasteiger partial charge in [-0.2, -0.15) is 0 Å². The molecular formula is C14H18O2. The Hall–Kier alpha value is -1.62. The Morgan fingerprint density at radius 3 is 2.81 bits per heavy atom. The number of phenols is 1. The lowest BCUT2D eigenvalue weighted by molar-refractivity contribution is 0.316. The molecule has 1 atom stereocenters. The molecule has 16 heavy (non-hydrogen) atoms. The van der Waals surface area contributed by atoms with E-state index in [1.54, 1.807) is 6.07 Å². The molecule has 0 radical (unpaired) electrons. The van der Waals surface area contributed by atoms with Crippen LogP contribution >= 0.6 is 0 Å². The van der Waals surface area contributed by atoms with E-state index in [0.717, 1.165) is 12.0 Å². The second kappa shape index (κ2) is 6.07. The average molecular weight is 218 g/mol. The van der Waals surface area contributed by atoms with Crippen LogP contribution in [0.3, 0.4) is 0 Å². The van der Waals surface area contributed by atoms with Gasteiger partial charge in [0.15, 0.2) is 11.5 Å². The molecular weight excluding hydrogens is 200 g/mol. The highest BCUT2D eigenvalue weighted by molar-refractivity contribution is 5.47. The number of phenolic OH excluding ortho intramolecular Hbond substituents is 1. The van der Waals surface area contributed by atoms with Crippen molar-refractivity contribution in [3.8, 4) is 23.3 Å². The molecule has 0 saturated carbocycles. The van der Waals surface area contributed by atoms with E-state index in [1.165, 1.54) is 0 Å². The largest absolute Gasteiger partial charge is 0.504 e. The molecule has 0 amide bonds. The third-order valence-corrected chi connectivity index (χ3v) is 2.45. The summed E-state index contributed by atoms with van der Waals surface area (Å²) >= 11 is 0. The summed E-state index contributed by atoms with van der Waals surface area (Å²) in [5, 5.41) is 10.0. The summed E-state index contributed by atoms with van der Waals surface area (Å²) in [4.78, 5) is 0. The van der Waals surface area contributed by atoms with Gasteiger partial charge in [0.05, 0.1) is 6.61 Å². The molecule has 0 aliphatic heterocycles. The van der Waals surface area contributed by atoms with Gasteiger partial charge in [-0.1, -0.05) is 19.1 Å². The van der Waals surface area contributed by atoms with E-state index in [1.807, 2.05) is 26.0 Å². The number of hydrogen-bond acceptors (Lipinski definition) is 2. The molecule has 0 fully saturated rings. The van der Waals surface area contributed by atoms with Crippen molar-refractivity contribution in [2.75, 3.05) is 6.61 Å². The number of benzene rings is 1. The van der Waals surface area contributed by atoms with Crippen molar-refractivity contribution in [3.05, 3.63) is 23.8 Å². The molecule has 1 rings (SSSR count). The van der Waals surface area contributed by atoms with Crippen molar-refractivity contribution in [1.29, 1.82) is 0 Å². The molecule has 1 unspecified atom stereocenters. The lowest BCUT2D eigenvalue weighted by atomic mass is 9.97. The monoisotopic (exact) mass is 218 g/mol. The minimum absolute atomic E-state index is 0.216. The van der Waals surface area contributed by atoms with Crippen LogP contribution in [0.1, 0.15) is 38.7 Å². The predicted octanol–water partition coefficient (Wildman–Crippen LogP) is 3.31. The van der Waals surface area contributed by atoms with Crippen molar-refractivity contribution < 1.29 is 9.84 Å². The topological polar surface area (TPSA) is 29.5 Å². The first-order chi connectivity index (χ1) is 7.70. The molecule has 1 N–H and O–H groups in total. The van der Waals surface area contributed by atoms with E-state index in [9.17, 15) is 5.11 Å². The summed E-state index contributed by atoms with van der Waals surface area (Å²) in [5.41, 5.74) is 0.897. The van der Waals surface area contributed by atoms with E-state index in [2.05, 4.69) is 18.8 Å². The Morgan fingerprint density at radius 2 is 2.19 bits per heavy atom. The summed E-state index contributed by atoms with van der Waals surface area (Å²) < 4.78 is 5.35. The van der Waals surface area contributed by atoms with Gasteiger partial charge >= 0.3 is 0 Å². The summed E-state index contributed by atoms with van der Waals surface area (Å²) in [7, 11) is 0. The van der Waals surface area contributed by atoms with Crippen LogP contribution in [0, 0.1) is 11.8 Å². The van der Waals surface area contributed by atoms with Crippen LogP contribution in [-0.2, 0) is 0 Å². The van der Waals surface area contributed by atoms with Crippen molar-refractivity contribution in [3.63, 3.8) is 0 Å². The maximum absolute atomic E-state index is 10.0. The third kappa shape index (κ3) is 2.93. The van der Waals surface area contributed by atoms with Crippen molar-refractivity contribution in [2.24, 2.45) is 0 Å². The summed E-state index contributed by atoms with van der Waals surface area (Å²) in [6.07, 6.45) is 0.750. The second-order valence-corrected chi connectivity index (χ2v) is 3.66. The maximum Gasteiger partial charge on any atom is 0.161 e. The van der Waals surface area contributed by atoms with Crippen LogP contribution in [0.5, 0.6) is 11.5 Å². The average Bonchev–Trinajstić information content (AvgIpc) is 2.29. The Morgan fingerprint density at radius 1 is 1.44 bits per heavy atom. The fourth-order valence-electron chi connectivity index (χ4n) is 1.57. The molecule has 2 nitrogen and oxygen atoms in total. The second-order valence-electron chi connectivity index (χ2n) is 3.66. The van der Waals surface area contributed by atoms with Crippen molar-refractivity contribution >= 4 is 0 Å². The Kier molecular flexibility index (Phi) is 4.72. The van der Waals surface area contributed by atoms with Crippen molar-refractivity contribution in [2.45, 2.75) is 33.1 Å². The quantitative estimate of drug-likeness (QED) is 0.786. The van der Waals surface area contributed by atoms with E-state index >= 15 is 0 Å². The summed E-state index contributed by atoms with van der Waals surface area (Å²) in [6, 6.07) is 5.59. The zero-order valence-corrected chi connectivity index (χ0v) is 10.1. The first-order valence-electron chi connectivity index (χ1n) is 5.55. The molecule has 86 valence electrons. The Balaban J connectivity index is 2.93. The Labute approximate surface area is 97.3 Å². The summed E-state index contributed by atoms with van der Waals surface area (Å²) in [6.45, 7) is 6.33. The molecule has 0 spiro atoms. The normalized spacial score (nSPS) is 11.4. The highest BCUT2D eigenvalue weighted by atomic mass is 16.5. The van der Waals surface area contributed by atoms with Gasteiger partial charge in [0, 0.05) is 12.0 Å². The zero-order chi connectivity index (χ0) is 12.0. The summed E-state index contributed by atoms with van der Waals surface area (Å²) in [5.74, 6) is 6.90. The first-order valence-corrected chi connectivity index (χ1v) is 5.55. The van der Waals surface area contributed by atoms with Gasteiger partial charge in [0.1, 0.15) is 0 Å². The molecule has 0 heterocycles. The molecule has 1 aromatic rings. The Bertz CT molecular complexity index is 399. The van der Waals surface area contributed by atoms with E-state index < -0.39 is 0 Å². The van der Waals surface area contributed by atoms with Gasteiger partial charge in [-0.05, 0) is 25.8 Å². The van der Waals surface area contributed by atoms with E-state index in [0.29, 0.717) is 12.4 Å². The lowest BCUT2D eigenvalue weighted by Gasteiger charge is -2.13. The van der Waals surface area contributed by atoms with Crippen LogP contribution in [0.4, 0.5) is 0 Å². The molecule has 0 aliphatic carbocycles.